The van der Waals surface area contributed by atoms with Crippen molar-refractivity contribution in [2.24, 2.45) is 0 Å². The lowest BCUT2D eigenvalue weighted by Crippen LogP contribution is -2.16. The number of hydrogen-bond acceptors (Lipinski definition) is 7. The lowest BCUT2D eigenvalue weighted by Gasteiger charge is -2.14. The number of aromatic nitrogens is 1. The van der Waals surface area contributed by atoms with E-state index in [-0.39, 0.29) is 38.4 Å². The van der Waals surface area contributed by atoms with Crippen LogP contribution >= 0.6 is 0 Å². The Bertz CT molecular complexity index is 1270. The molecule has 0 saturated carbocycles. The number of anilines is 2. The van der Waals surface area contributed by atoms with Gasteiger partial charge in [0, 0.05) is 0 Å². The average Bonchev–Trinajstić information content (AvgIpc) is 3.01. The minimum Gasteiger partial charge on any atom is -0.495 e. The van der Waals surface area contributed by atoms with Crippen LogP contribution in [0.3, 0.4) is 0 Å². The van der Waals surface area contributed by atoms with Crippen molar-refractivity contribution < 1.29 is 30.5 Å². The number of nitrogens with zero attached hydrogens (tertiary/aromatic N) is 1. The summed E-state index contributed by atoms with van der Waals surface area (Å²) in [7, 11) is -6.78. The van der Waals surface area contributed by atoms with Gasteiger partial charge in [0.1, 0.15) is 17.3 Å². The molecule has 9 nitrogen and oxygen atoms in total. The molecule has 2 aromatic carbocycles. The molecule has 1 aromatic heterocycles. The number of rotatable bonds is 7. The lowest BCUT2D eigenvalue weighted by atomic mass is 10.2. The molecule has 0 amide bonds. The maximum Gasteiger partial charge on any atom is 0.267 e. The molecule has 0 aliphatic heterocycles. The Morgan fingerprint density at radius 1 is 0.967 bits per heavy atom. The molecule has 3 rings (SSSR count). The molecule has 1 heterocycles. The van der Waals surface area contributed by atoms with Crippen LogP contribution in [0, 0.1) is 19.7 Å². The van der Waals surface area contributed by atoms with Gasteiger partial charge in [0.15, 0.2) is 10.7 Å². The van der Waals surface area contributed by atoms with Crippen LogP contribution in [0.4, 0.5) is 15.8 Å². The second-order valence-corrected chi connectivity index (χ2v) is 9.53. The SMILES string of the molecule is COc1ccc(NS(=O)(=O)c2c(C)noc2C)cc1NS(=O)(=O)c1ccc(F)cc1. The monoisotopic (exact) mass is 455 g/mol. The number of methoxy groups -OCH3 is 1. The van der Waals surface area contributed by atoms with Gasteiger partial charge in [-0.25, -0.2) is 21.2 Å². The highest BCUT2D eigenvalue weighted by atomic mass is 32.2. The van der Waals surface area contributed by atoms with Gasteiger partial charge in [0.25, 0.3) is 20.0 Å². The standard InChI is InChI=1S/C18H18FN3O6S2/c1-11-18(12(2)28-20-11)30(25,26)21-14-6-9-17(27-3)16(10-14)22-29(23,24)15-7-4-13(19)5-8-15/h4-10,21-22H,1-3H3. The summed E-state index contributed by atoms with van der Waals surface area (Å²) in [5, 5.41) is 3.62. The molecule has 3 aromatic rings. The Balaban J connectivity index is 1.95. The summed E-state index contributed by atoms with van der Waals surface area (Å²) in [6, 6.07) is 8.30. The molecule has 0 spiro atoms. The number of hydrogen-bond donors (Lipinski definition) is 2. The Morgan fingerprint density at radius 3 is 2.20 bits per heavy atom. The molecule has 0 aliphatic carbocycles. The molecule has 0 aliphatic rings. The molecular weight excluding hydrogens is 437 g/mol. The van der Waals surface area contributed by atoms with Crippen LogP contribution in [0.1, 0.15) is 11.5 Å². The smallest absolute Gasteiger partial charge is 0.267 e. The quantitative estimate of drug-likeness (QED) is 0.560. The molecule has 160 valence electrons. The Hall–Kier alpha value is -3.12. The Labute approximate surface area is 173 Å². The van der Waals surface area contributed by atoms with Crippen LogP contribution in [0.25, 0.3) is 0 Å². The number of benzene rings is 2. The molecule has 0 fully saturated rings. The number of halogens is 1. The molecule has 30 heavy (non-hydrogen) atoms. The third kappa shape index (κ3) is 4.39. The summed E-state index contributed by atoms with van der Waals surface area (Å²) < 4.78 is 78.4. The first-order chi connectivity index (χ1) is 14.0. The van der Waals surface area contributed by atoms with Crippen molar-refractivity contribution in [2.45, 2.75) is 23.6 Å². The normalized spacial score (nSPS) is 11.9. The average molecular weight is 455 g/mol. The van der Waals surface area contributed by atoms with Gasteiger partial charge in [-0.05, 0) is 56.3 Å². The number of sulfonamides is 2. The molecule has 0 unspecified atom stereocenters. The van der Waals surface area contributed by atoms with Gasteiger partial charge < -0.3 is 9.26 Å². The van der Waals surface area contributed by atoms with Crippen molar-refractivity contribution in [2.75, 3.05) is 16.6 Å². The van der Waals surface area contributed by atoms with E-state index >= 15 is 0 Å². The van der Waals surface area contributed by atoms with Gasteiger partial charge in [0.05, 0.1) is 23.4 Å². The van der Waals surface area contributed by atoms with E-state index in [1.165, 1.54) is 39.2 Å². The molecule has 0 saturated heterocycles. The first-order valence-electron chi connectivity index (χ1n) is 8.45. The Kier molecular flexibility index (Phi) is 5.72. The van der Waals surface area contributed by atoms with E-state index in [0.717, 1.165) is 24.3 Å². The molecule has 0 radical (unpaired) electrons. The Morgan fingerprint density at radius 2 is 1.63 bits per heavy atom. The molecule has 0 bridgehead atoms. The highest BCUT2D eigenvalue weighted by molar-refractivity contribution is 7.93. The predicted molar refractivity (Wildman–Crippen MR) is 107 cm³/mol. The largest absolute Gasteiger partial charge is 0.495 e. The van der Waals surface area contributed by atoms with Crippen molar-refractivity contribution in [1.82, 2.24) is 5.16 Å². The van der Waals surface area contributed by atoms with Crippen molar-refractivity contribution in [3.63, 3.8) is 0 Å². The van der Waals surface area contributed by atoms with Crippen LogP contribution in [0.2, 0.25) is 0 Å². The number of aryl methyl sites for hydroxylation is 2. The predicted octanol–water partition coefficient (Wildman–Crippen LogP) is 3.04. The first kappa shape index (κ1) is 21.6. The fourth-order valence-corrected chi connectivity index (χ4v) is 5.18. The van der Waals surface area contributed by atoms with Crippen LogP contribution in [-0.2, 0) is 20.0 Å². The van der Waals surface area contributed by atoms with E-state index in [2.05, 4.69) is 14.6 Å². The third-order valence-electron chi connectivity index (χ3n) is 4.06. The van der Waals surface area contributed by atoms with Crippen molar-refractivity contribution in [1.29, 1.82) is 0 Å². The zero-order valence-electron chi connectivity index (χ0n) is 16.1. The topological polar surface area (TPSA) is 128 Å². The van der Waals surface area contributed by atoms with Crippen molar-refractivity contribution in [3.05, 3.63) is 59.7 Å². The second kappa shape index (κ2) is 7.95. The van der Waals surface area contributed by atoms with Crippen molar-refractivity contribution >= 4 is 31.4 Å². The zero-order chi connectivity index (χ0) is 22.1. The van der Waals surface area contributed by atoms with E-state index < -0.39 is 25.9 Å². The summed E-state index contributed by atoms with van der Waals surface area (Å²) in [6.07, 6.45) is 0. The van der Waals surface area contributed by atoms with Gasteiger partial charge in [-0.2, -0.15) is 0 Å². The van der Waals surface area contributed by atoms with Gasteiger partial charge in [-0.3, -0.25) is 9.44 Å². The van der Waals surface area contributed by atoms with Crippen LogP contribution in [0.5, 0.6) is 5.75 Å². The molecular formula is C18H18FN3O6S2. The highest BCUT2D eigenvalue weighted by Crippen LogP contribution is 2.31. The van der Waals surface area contributed by atoms with Crippen LogP contribution < -0.4 is 14.2 Å². The van der Waals surface area contributed by atoms with E-state index in [9.17, 15) is 21.2 Å². The molecule has 12 heteroatoms. The summed E-state index contributed by atoms with van der Waals surface area (Å²) in [6.45, 7) is 2.95. The van der Waals surface area contributed by atoms with Gasteiger partial charge >= 0.3 is 0 Å². The second-order valence-electron chi connectivity index (χ2n) is 6.23. The van der Waals surface area contributed by atoms with Gasteiger partial charge in [0.2, 0.25) is 0 Å². The number of nitrogens with one attached hydrogen (secondary N) is 2. The minimum atomic E-state index is -4.08. The number of ether oxygens (including phenoxy) is 1. The van der Waals surface area contributed by atoms with Gasteiger partial charge in [-0.15, -0.1) is 0 Å². The van der Waals surface area contributed by atoms with Crippen LogP contribution in [0.15, 0.2) is 56.8 Å². The van der Waals surface area contributed by atoms with Crippen LogP contribution in [-0.4, -0.2) is 29.1 Å². The van der Waals surface area contributed by atoms with E-state index in [1.54, 1.807) is 0 Å². The van der Waals surface area contributed by atoms with E-state index in [1.807, 2.05) is 0 Å². The first-order valence-corrected chi connectivity index (χ1v) is 11.4. The van der Waals surface area contributed by atoms with E-state index in [0.29, 0.717) is 0 Å². The third-order valence-corrected chi connectivity index (χ3v) is 7.06. The fraction of sp³-hybridized carbons (Fsp3) is 0.167. The fourth-order valence-electron chi connectivity index (χ4n) is 2.73. The summed E-state index contributed by atoms with van der Waals surface area (Å²) in [5.74, 6) is -0.311. The zero-order valence-corrected chi connectivity index (χ0v) is 17.8. The summed E-state index contributed by atoms with van der Waals surface area (Å²) in [5.41, 5.74) is 0.249. The maximum atomic E-state index is 13.1. The maximum absolute atomic E-state index is 13.1. The molecule has 0 atom stereocenters. The summed E-state index contributed by atoms with van der Waals surface area (Å²) in [4.78, 5) is -0.278. The minimum absolute atomic E-state index is 0.0132. The van der Waals surface area contributed by atoms with Crippen molar-refractivity contribution in [3.8, 4) is 5.75 Å². The van der Waals surface area contributed by atoms with Gasteiger partial charge in [-0.1, -0.05) is 5.16 Å². The lowest BCUT2D eigenvalue weighted by molar-refractivity contribution is 0.390. The highest BCUT2D eigenvalue weighted by Gasteiger charge is 2.25. The summed E-state index contributed by atoms with van der Waals surface area (Å²) >= 11 is 0. The molecule has 2 N–H and O–H groups in total. The van der Waals surface area contributed by atoms with E-state index in [4.69, 9.17) is 9.26 Å².